The molecule has 1 heterocycles. The Balaban J connectivity index is 1.21. The first-order valence-corrected chi connectivity index (χ1v) is 19.0. The van der Waals surface area contributed by atoms with Gasteiger partial charge in [0.05, 0.1) is 17.2 Å². The Kier molecular flexibility index (Phi) is 7.94. The highest BCUT2D eigenvalue weighted by molar-refractivity contribution is 7.17. The lowest BCUT2D eigenvalue weighted by Crippen LogP contribution is -2.66. The smallest absolute Gasteiger partial charge is 0.347 e. The van der Waals surface area contributed by atoms with E-state index in [4.69, 9.17) is 0 Å². The molecule has 7 rings (SSSR count). The van der Waals surface area contributed by atoms with E-state index < -0.39 is 17.4 Å². The number of benzene rings is 1. The summed E-state index contributed by atoms with van der Waals surface area (Å²) >= 11 is 1.03. The van der Waals surface area contributed by atoms with E-state index in [-0.39, 0.29) is 38.4 Å². The first kappa shape index (κ1) is 34.2. The van der Waals surface area contributed by atoms with Gasteiger partial charge in [-0.1, -0.05) is 76.3 Å². The molecular formula is C41H52N2O5S. The second kappa shape index (κ2) is 11.4. The van der Waals surface area contributed by atoms with Gasteiger partial charge in [0.1, 0.15) is 4.88 Å². The number of hydrogen-bond donors (Lipinski definition) is 3. The number of carbonyl (C=O) groups is 3. The fourth-order valence-electron chi connectivity index (χ4n) is 13.1. The van der Waals surface area contributed by atoms with Crippen molar-refractivity contribution in [2.75, 3.05) is 5.32 Å². The van der Waals surface area contributed by atoms with Gasteiger partial charge in [-0.05, 0) is 139 Å². The van der Waals surface area contributed by atoms with Crippen LogP contribution in [-0.4, -0.2) is 33.0 Å². The number of rotatable bonds is 6. The van der Waals surface area contributed by atoms with Crippen LogP contribution in [0.5, 0.6) is 0 Å². The van der Waals surface area contributed by atoms with Crippen molar-refractivity contribution in [1.82, 2.24) is 4.98 Å². The average molecular weight is 685 g/mol. The number of thiazole rings is 1. The average Bonchev–Trinajstić information content (AvgIpc) is 3.67. The molecule has 1 aromatic heterocycles. The predicted molar refractivity (Wildman–Crippen MR) is 193 cm³/mol. The first-order chi connectivity index (χ1) is 23.0. The number of nitrogens with zero attached hydrogens (tertiary/aromatic N) is 1. The maximum Gasteiger partial charge on any atom is 0.347 e. The number of fused-ring (bicyclic) bond motifs is 7. The van der Waals surface area contributed by atoms with Gasteiger partial charge < -0.3 is 15.5 Å². The van der Waals surface area contributed by atoms with Crippen molar-refractivity contribution in [1.29, 1.82) is 0 Å². The molecule has 0 aliphatic heterocycles. The molecule has 5 aliphatic carbocycles. The second-order valence-corrected chi connectivity index (χ2v) is 18.6. The number of aromatic nitrogens is 1. The molecule has 0 radical (unpaired) electrons. The summed E-state index contributed by atoms with van der Waals surface area (Å²) in [6.45, 7) is 19.2. The minimum absolute atomic E-state index is 0.0145. The Hall–Kier alpha value is -3.26. The number of carboxylic acid groups (broad SMARTS) is 2. The van der Waals surface area contributed by atoms with Gasteiger partial charge in [0.2, 0.25) is 5.91 Å². The molecule has 0 saturated heterocycles. The summed E-state index contributed by atoms with van der Waals surface area (Å²) < 4.78 is 0. The summed E-state index contributed by atoms with van der Waals surface area (Å²) in [5.74, 6) is 0.0556. The third-order valence-electron chi connectivity index (χ3n) is 15.5. The highest BCUT2D eigenvalue weighted by atomic mass is 32.1. The fraction of sp³-hybridized carbons (Fsp3) is 0.610. The van der Waals surface area contributed by atoms with Gasteiger partial charge in [0, 0.05) is 0 Å². The van der Waals surface area contributed by atoms with Crippen molar-refractivity contribution in [2.45, 2.75) is 99.3 Å². The van der Waals surface area contributed by atoms with Gasteiger partial charge in [-0.25, -0.2) is 14.6 Å². The van der Waals surface area contributed by atoms with E-state index >= 15 is 0 Å². The summed E-state index contributed by atoms with van der Waals surface area (Å²) in [5, 5.41) is 22.4. The molecule has 49 heavy (non-hydrogen) atoms. The van der Waals surface area contributed by atoms with Gasteiger partial charge >= 0.3 is 11.9 Å². The minimum Gasteiger partial charge on any atom is -0.478 e. The molecule has 4 saturated carbocycles. The van der Waals surface area contributed by atoms with Crippen LogP contribution in [0.25, 0.3) is 5.57 Å². The van der Waals surface area contributed by atoms with Crippen molar-refractivity contribution in [3.63, 3.8) is 0 Å². The summed E-state index contributed by atoms with van der Waals surface area (Å²) in [6, 6.07) is 7.44. The van der Waals surface area contributed by atoms with Crippen molar-refractivity contribution in [3.05, 3.63) is 64.7 Å². The SMILES string of the molecule is C=C(C)[C@@H]1CC[C@]2(C(=O)Nc3ncc(C(=O)O)s3)CC[C@]3(C)[C@H](CC[C@@H]4[C@@]5(C)CC=C(c6ccc(C(=O)O)cc6)C(C)(C)[C@@H]5CC[C@]43C)[C@@H]12. The standard InChI is InChI=1S/C41H52N2O5S/c1-23(2)26-14-19-41(35(48)43-36-42-22-29(49-36)34(46)47)21-20-39(6)28(32(26)41)12-13-31-38(5)17-15-27(24-8-10-25(11-9-24)33(44)45)37(3,4)30(38)16-18-40(31,39)7/h8-11,15,22,26,28,30-32H,1,12-14,16-21H2,2-7H3,(H,44,45)(H,46,47)(H,42,43,48)/t26-,28+,30-,31+,32+,38-,39+,40+,41-/m0/s1. The number of allylic oxidation sites excluding steroid dienone is 3. The monoisotopic (exact) mass is 684 g/mol. The third kappa shape index (κ3) is 4.78. The highest BCUT2D eigenvalue weighted by Gasteiger charge is 2.71. The maximum atomic E-state index is 14.4. The quantitative estimate of drug-likeness (QED) is 0.261. The van der Waals surface area contributed by atoms with E-state index in [1.54, 1.807) is 12.1 Å². The number of nitrogens with one attached hydrogen (secondary N) is 1. The van der Waals surface area contributed by atoms with E-state index in [2.05, 4.69) is 64.5 Å². The van der Waals surface area contributed by atoms with E-state index in [1.807, 2.05) is 12.1 Å². The molecule has 1 amide bonds. The number of carboxylic acids is 2. The number of carbonyl (C=O) groups excluding carboxylic acids is 1. The van der Waals surface area contributed by atoms with Crippen LogP contribution in [0.1, 0.15) is 125 Å². The van der Waals surface area contributed by atoms with Crippen LogP contribution in [0.4, 0.5) is 5.13 Å². The van der Waals surface area contributed by atoms with Gasteiger partial charge in [0.25, 0.3) is 0 Å². The zero-order chi connectivity index (χ0) is 35.3. The molecule has 0 spiro atoms. The van der Waals surface area contributed by atoms with E-state index in [0.29, 0.717) is 34.4 Å². The number of anilines is 1. The van der Waals surface area contributed by atoms with Crippen LogP contribution in [0.15, 0.2) is 48.7 Å². The lowest BCUT2D eigenvalue weighted by Gasteiger charge is -2.72. The zero-order valence-electron chi connectivity index (χ0n) is 29.9. The Morgan fingerprint density at radius 1 is 0.878 bits per heavy atom. The van der Waals surface area contributed by atoms with Gasteiger partial charge in [0.15, 0.2) is 5.13 Å². The Labute approximate surface area is 294 Å². The third-order valence-corrected chi connectivity index (χ3v) is 16.4. The highest BCUT2D eigenvalue weighted by Crippen LogP contribution is 2.77. The molecular weight excluding hydrogens is 633 g/mol. The van der Waals surface area contributed by atoms with Crippen LogP contribution in [0, 0.1) is 56.7 Å². The molecule has 1 aromatic carbocycles. The topological polar surface area (TPSA) is 117 Å². The lowest BCUT2D eigenvalue weighted by atomic mass is 9.32. The lowest BCUT2D eigenvalue weighted by molar-refractivity contribution is -0.224. The van der Waals surface area contributed by atoms with Crippen LogP contribution in [0.2, 0.25) is 0 Å². The first-order valence-electron chi connectivity index (χ1n) is 18.2. The molecule has 0 unspecified atom stereocenters. The van der Waals surface area contributed by atoms with E-state index in [9.17, 15) is 24.6 Å². The zero-order valence-corrected chi connectivity index (χ0v) is 30.7. The number of amides is 1. The van der Waals surface area contributed by atoms with Crippen molar-refractivity contribution in [3.8, 4) is 0 Å². The van der Waals surface area contributed by atoms with Gasteiger partial charge in [-0.3, -0.25) is 4.79 Å². The summed E-state index contributed by atoms with van der Waals surface area (Å²) in [4.78, 5) is 41.9. The summed E-state index contributed by atoms with van der Waals surface area (Å²) in [6.07, 6.45) is 13.1. The molecule has 4 fully saturated rings. The molecule has 7 nitrogen and oxygen atoms in total. The van der Waals surface area contributed by atoms with Crippen molar-refractivity contribution in [2.24, 2.45) is 56.7 Å². The fourth-order valence-corrected chi connectivity index (χ4v) is 13.7. The number of aromatic carboxylic acids is 2. The summed E-state index contributed by atoms with van der Waals surface area (Å²) in [5.41, 5.74) is 3.76. The molecule has 262 valence electrons. The molecule has 9 atom stereocenters. The van der Waals surface area contributed by atoms with Crippen LogP contribution in [0.3, 0.4) is 0 Å². The van der Waals surface area contributed by atoms with E-state index in [1.165, 1.54) is 23.8 Å². The van der Waals surface area contributed by atoms with Crippen molar-refractivity contribution >= 4 is 39.9 Å². The largest absolute Gasteiger partial charge is 0.478 e. The van der Waals surface area contributed by atoms with E-state index in [0.717, 1.165) is 68.3 Å². The van der Waals surface area contributed by atoms with Crippen LogP contribution < -0.4 is 5.32 Å². The van der Waals surface area contributed by atoms with Gasteiger partial charge in [-0.15, -0.1) is 0 Å². The van der Waals surface area contributed by atoms with Crippen LogP contribution in [-0.2, 0) is 4.79 Å². The Morgan fingerprint density at radius 3 is 2.22 bits per heavy atom. The van der Waals surface area contributed by atoms with Crippen molar-refractivity contribution < 1.29 is 24.6 Å². The molecule has 3 N–H and O–H groups in total. The minimum atomic E-state index is -1.03. The normalized spacial score (nSPS) is 39.0. The maximum absolute atomic E-state index is 14.4. The molecule has 0 bridgehead atoms. The van der Waals surface area contributed by atoms with Crippen LogP contribution >= 0.6 is 11.3 Å². The molecule has 2 aromatic rings. The Morgan fingerprint density at radius 2 is 1.59 bits per heavy atom. The Bertz CT molecular complexity index is 1760. The molecule has 5 aliphatic rings. The molecule has 8 heteroatoms. The number of hydrogen-bond acceptors (Lipinski definition) is 5. The second-order valence-electron chi connectivity index (χ2n) is 17.6. The van der Waals surface area contributed by atoms with Gasteiger partial charge in [-0.2, -0.15) is 0 Å². The summed E-state index contributed by atoms with van der Waals surface area (Å²) in [7, 11) is 0. The predicted octanol–water partition coefficient (Wildman–Crippen LogP) is 9.83.